The minimum atomic E-state index is -0.119. The molecule has 0 amide bonds. The lowest BCUT2D eigenvalue weighted by molar-refractivity contribution is -0.148. The maximum atomic E-state index is 11.1. The van der Waals surface area contributed by atoms with E-state index in [0.29, 0.717) is 29.2 Å². The molecule has 0 heterocycles. The van der Waals surface area contributed by atoms with Gasteiger partial charge in [-0.2, -0.15) is 0 Å². The summed E-state index contributed by atoms with van der Waals surface area (Å²) in [5.74, 6) is -0.181. The summed E-state index contributed by atoms with van der Waals surface area (Å²) < 4.78 is 16.2. The number of hydrogen-bond acceptors (Lipinski definition) is 4. The summed E-state index contributed by atoms with van der Waals surface area (Å²) in [6, 6.07) is 1.05. The largest absolute Gasteiger partial charge is 0.463 e. The molecule has 0 aromatic rings. The zero-order chi connectivity index (χ0) is 13.8. The molecule has 5 heteroatoms. The van der Waals surface area contributed by atoms with Crippen molar-refractivity contribution in [3.05, 3.63) is 0 Å². The van der Waals surface area contributed by atoms with Crippen molar-refractivity contribution < 1.29 is 19.0 Å². The van der Waals surface area contributed by atoms with Gasteiger partial charge in [-0.05, 0) is 27.2 Å². The van der Waals surface area contributed by atoms with Gasteiger partial charge in [0.1, 0.15) is 15.4 Å². The Bertz CT molecular complexity index is 205. The van der Waals surface area contributed by atoms with Crippen molar-refractivity contribution in [3.63, 3.8) is 0 Å². The first-order valence-electron chi connectivity index (χ1n) is 6.80. The Kier molecular flexibility index (Phi) is 11.4. The quantitative estimate of drug-likeness (QED) is 0.251. The highest BCUT2D eigenvalue weighted by Crippen LogP contribution is 2.07. The van der Waals surface area contributed by atoms with Crippen molar-refractivity contribution in [2.45, 2.75) is 65.0 Å². The third kappa shape index (κ3) is 9.62. The third-order valence-electron chi connectivity index (χ3n) is 2.36. The van der Waals surface area contributed by atoms with Gasteiger partial charge in [-0.15, -0.1) is 0 Å². The van der Waals surface area contributed by atoms with Gasteiger partial charge in [-0.25, -0.2) is 0 Å². The van der Waals surface area contributed by atoms with E-state index in [1.807, 2.05) is 27.7 Å². The smallest absolute Gasteiger partial charge is 0.305 e. The summed E-state index contributed by atoms with van der Waals surface area (Å²) in [7, 11) is 0.648. The van der Waals surface area contributed by atoms with Crippen molar-refractivity contribution in [1.82, 2.24) is 0 Å². The van der Waals surface area contributed by atoms with Crippen LogP contribution in [0, 0.1) is 0 Å². The van der Waals surface area contributed by atoms with Gasteiger partial charge >= 0.3 is 5.97 Å². The highest BCUT2D eigenvalue weighted by molar-refractivity contribution is 6.36. The predicted octanol–water partition coefficient (Wildman–Crippen LogP) is 2.59. The second-order valence-corrected chi connectivity index (χ2v) is 5.37. The Morgan fingerprint density at radius 1 is 1.17 bits per heavy atom. The molecule has 0 saturated carbocycles. The monoisotopic (exact) mass is 274 g/mol. The average molecular weight is 274 g/mol. The van der Waals surface area contributed by atoms with E-state index in [1.165, 1.54) is 0 Å². The van der Waals surface area contributed by atoms with Crippen LogP contribution in [-0.4, -0.2) is 40.7 Å². The predicted molar refractivity (Wildman–Crippen MR) is 72.7 cm³/mol. The second-order valence-electron chi connectivity index (χ2n) is 3.99. The summed E-state index contributed by atoms with van der Waals surface area (Å²) in [6.45, 7) is 9.07. The molecule has 0 aliphatic carbocycles. The summed E-state index contributed by atoms with van der Waals surface area (Å²) in [4.78, 5) is 11.1. The average Bonchev–Trinajstić information content (AvgIpc) is 2.34. The standard InChI is InChI=1S/C13H26O4Si/c1-5-12(14)17-11(4)9-8-10-18-13(15-6-2)16-7-3/h11,13H,5-10H2,1-4H3. The Labute approximate surface area is 113 Å². The molecule has 0 aliphatic rings. The van der Waals surface area contributed by atoms with Crippen molar-refractivity contribution >= 4 is 15.5 Å². The molecule has 106 valence electrons. The maximum absolute atomic E-state index is 11.1. The molecule has 0 spiro atoms. The first-order chi connectivity index (χ1) is 8.63. The molecule has 2 radical (unpaired) electrons. The van der Waals surface area contributed by atoms with Crippen LogP contribution >= 0.6 is 0 Å². The number of ether oxygens (including phenoxy) is 3. The molecule has 0 bridgehead atoms. The SMILES string of the molecule is CCOC(OCC)[Si]CCCC(C)OC(=O)CC. The van der Waals surface area contributed by atoms with Crippen LogP contribution in [0.2, 0.25) is 6.04 Å². The van der Waals surface area contributed by atoms with Crippen LogP contribution in [0.1, 0.15) is 47.0 Å². The number of carbonyl (C=O) groups is 1. The number of rotatable bonds is 11. The van der Waals surface area contributed by atoms with Gasteiger partial charge in [0.2, 0.25) is 0 Å². The van der Waals surface area contributed by atoms with E-state index in [0.717, 1.165) is 18.9 Å². The van der Waals surface area contributed by atoms with Gasteiger partial charge in [-0.3, -0.25) is 4.79 Å². The molecule has 1 unspecified atom stereocenters. The van der Waals surface area contributed by atoms with E-state index in [1.54, 1.807) is 0 Å². The Morgan fingerprint density at radius 2 is 1.78 bits per heavy atom. The lowest BCUT2D eigenvalue weighted by Crippen LogP contribution is -2.24. The molecular weight excluding hydrogens is 248 g/mol. The zero-order valence-corrected chi connectivity index (χ0v) is 13.0. The number of carbonyl (C=O) groups excluding carboxylic acids is 1. The van der Waals surface area contributed by atoms with Crippen molar-refractivity contribution in [2.75, 3.05) is 13.2 Å². The van der Waals surface area contributed by atoms with E-state index < -0.39 is 0 Å². The van der Waals surface area contributed by atoms with E-state index in [4.69, 9.17) is 14.2 Å². The minimum absolute atomic E-state index is 0.0138. The van der Waals surface area contributed by atoms with E-state index in [9.17, 15) is 4.79 Å². The van der Waals surface area contributed by atoms with E-state index in [-0.39, 0.29) is 18.0 Å². The van der Waals surface area contributed by atoms with Crippen LogP contribution in [0.15, 0.2) is 0 Å². The van der Waals surface area contributed by atoms with Crippen molar-refractivity contribution in [2.24, 2.45) is 0 Å². The topological polar surface area (TPSA) is 44.8 Å². The van der Waals surface area contributed by atoms with Gasteiger partial charge in [-0.1, -0.05) is 19.4 Å². The number of esters is 1. The van der Waals surface area contributed by atoms with Crippen LogP contribution in [0.3, 0.4) is 0 Å². The first-order valence-corrected chi connectivity index (χ1v) is 8.08. The molecule has 4 nitrogen and oxygen atoms in total. The lowest BCUT2D eigenvalue weighted by atomic mass is 10.2. The van der Waals surface area contributed by atoms with Gasteiger partial charge in [0, 0.05) is 19.6 Å². The molecule has 0 N–H and O–H groups in total. The van der Waals surface area contributed by atoms with Crippen LogP contribution in [0.4, 0.5) is 0 Å². The molecule has 18 heavy (non-hydrogen) atoms. The molecule has 0 aromatic carbocycles. The van der Waals surface area contributed by atoms with Gasteiger partial charge < -0.3 is 14.2 Å². The van der Waals surface area contributed by atoms with E-state index >= 15 is 0 Å². The zero-order valence-electron chi connectivity index (χ0n) is 12.0. The third-order valence-corrected chi connectivity index (χ3v) is 3.66. The fraction of sp³-hybridized carbons (Fsp3) is 0.923. The van der Waals surface area contributed by atoms with Crippen molar-refractivity contribution in [1.29, 1.82) is 0 Å². The summed E-state index contributed by atoms with van der Waals surface area (Å²) in [6.07, 6.45) is 2.40. The Hall–Kier alpha value is -0.393. The normalized spacial score (nSPS) is 12.7. The highest BCUT2D eigenvalue weighted by Gasteiger charge is 2.11. The van der Waals surface area contributed by atoms with Gasteiger partial charge in [0.15, 0.2) is 0 Å². The molecule has 0 saturated heterocycles. The highest BCUT2D eigenvalue weighted by atomic mass is 28.2. The molecule has 0 rings (SSSR count). The molecule has 0 aliphatic heterocycles. The summed E-state index contributed by atoms with van der Waals surface area (Å²) in [5.41, 5.74) is 0. The lowest BCUT2D eigenvalue weighted by Gasteiger charge is -2.16. The minimum Gasteiger partial charge on any atom is -0.463 e. The van der Waals surface area contributed by atoms with Crippen LogP contribution < -0.4 is 0 Å². The maximum Gasteiger partial charge on any atom is 0.305 e. The summed E-state index contributed by atoms with van der Waals surface area (Å²) in [5, 5.41) is 0. The Morgan fingerprint density at radius 3 is 2.28 bits per heavy atom. The molecular formula is C13H26O4Si. The summed E-state index contributed by atoms with van der Waals surface area (Å²) >= 11 is 0. The van der Waals surface area contributed by atoms with Crippen molar-refractivity contribution in [3.8, 4) is 0 Å². The van der Waals surface area contributed by atoms with Crippen LogP contribution in [0.25, 0.3) is 0 Å². The van der Waals surface area contributed by atoms with Gasteiger partial charge in [0.25, 0.3) is 0 Å². The fourth-order valence-corrected chi connectivity index (χ4v) is 2.66. The van der Waals surface area contributed by atoms with Gasteiger partial charge in [0.05, 0.1) is 6.10 Å². The van der Waals surface area contributed by atoms with Crippen LogP contribution in [-0.2, 0) is 19.0 Å². The van der Waals surface area contributed by atoms with E-state index in [2.05, 4.69) is 0 Å². The molecule has 0 aromatic heterocycles. The Balaban J connectivity index is 3.60. The second kappa shape index (κ2) is 11.7. The molecule has 0 fully saturated rings. The fourth-order valence-electron chi connectivity index (χ4n) is 1.44. The molecule has 1 atom stereocenters. The van der Waals surface area contributed by atoms with Crippen LogP contribution in [0.5, 0.6) is 0 Å². The first kappa shape index (κ1) is 17.6. The number of hydrogen-bond donors (Lipinski definition) is 0.